The van der Waals surface area contributed by atoms with Crippen LogP contribution < -0.4 is 5.73 Å². The maximum Gasteiger partial charge on any atom is 0.0308 e. The van der Waals surface area contributed by atoms with Gasteiger partial charge >= 0.3 is 0 Å². The molecule has 0 heterocycles. The van der Waals surface area contributed by atoms with Gasteiger partial charge in [0.2, 0.25) is 0 Å². The molecule has 0 aliphatic heterocycles. The first-order valence-corrected chi connectivity index (χ1v) is 6.49. The third kappa shape index (κ3) is 2.45. The summed E-state index contributed by atoms with van der Waals surface area (Å²) in [5.41, 5.74) is 10.5. The molecule has 0 radical (unpaired) electrons. The van der Waals surface area contributed by atoms with Gasteiger partial charge in [-0.1, -0.05) is 31.4 Å². The molecule has 0 aromatic rings. The van der Waals surface area contributed by atoms with Crippen molar-refractivity contribution < 1.29 is 0 Å². The molecule has 84 valence electrons. The molecule has 15 heavy (non-hydrogen) atoms. The molecule has 0 saturated carbocycles. The van der Waals surface area contributed by atoms with Crippen molar-refractivity contribution in [1.29, 1.82) is 0 Å². The van der Waals surface area contributed by atoms with Crippen LogP contribution >= 0.6 is 0 Å². The number of hydrogen-bond acceptors (Lipinski definition) is 1. The summed E-state index contributed by atoms with van der Waals surface area (Å²) in [4.78, 5) is 0. The van der Waals surface area contributed by atoms with Crippen molar-refractivity contribution in [1.82, 2.24) is 0 Å². The zero-order chi connectivity index (χ0) is 10.7. The monoisotopic (exact) mass is 205 g/mol. The molecule has 1 atom stereocenters. The van der Waals surface area contributed by atoms with Crippen LogP contribution in [-0.2, 0) is 0 Å². The first-order valence-electron chi connectivity index (χ1n) is 6.49. The SMILES string of the molecule is CCC1C=C(N)C2=C(CCCCCC2)C1. The van der Waals surface area contributed by atoms with Gasteiger partial charge in [-0.25, -0.2) is 0 Å². The zero-order valence-corrected chi connectivity index (χ0v) is 9.89. The Morgan fingerprint density at radius 2 is 1.93 bits per heavy atom. The highest BCUT2D eigenvalue weighted by Gasteiger charge is 2.20. The Labute approximate surface area is 93.4 Å². The van der Waals surface area contributed by atoms with Crippen LogP contribution in [0.1, 0.15) is 58.3 Å². The minimum atomic E-state index is 0.711. The Hall–Kier alpha value is -0.720. The fourth-order valence-electron chi connectivity index (χ4n) is 2.89. The van der Waals surface area contributed by atoms with Crippen LogP contribution in [0.4, 0.5) is 0 Å². The van der Waals surface area contributed by atoms with Gasteiger partial charge in [0.15, 0.2) is 0 Å². The molecular formula is C14H23N. The molecule has 2 rings (SSSR count). The lowest BCUT2D eigenvalue weighted by Crippen LogP contribution is -2.15. The lowest BCUT2D eigenvalue weighted by Gasteiger charge is -2.26. The summed E-state index contributed by atoms with van der Waals surface area (Å²) >= 11 is 0. The lowest BCUT2D eigenvalue weighted by atomic mass is 9.81. The summed E-state index contributed by atoms with van der Waals surface area (Å²) in [5, 5.41) is 0. The second kappa shape index (κ2) is 4.87. The Balaban J connectivity index is 2.19. The normalized spacial score (nSPS) is 27.8. The maximum absolute atomic E-state index is 6.18. The summed E-state index contributed by atoms with van der Waals surface area (Å²) in [7, 11) is 0. The molecule has 0 bridgehead atoms. The number of hydrogen-bond donors (Lipinski definition) is 1. The summed E-state index contributed by atoms with van der Waals surface area (Å²) < 4.78 is 0. The van der Waals surface area contributed by atoms with Crippen molar-refractivity contribution in [3.05, 3.63) is 22.9 Å². The predicted octanol–water partition coefficient (Wildman–Crippen LogP) is 3.91. The topological polar surface area (TPSA) is 26.0 Å². The van der Waals surface area contributed by atoms with Gasteiger partial charge in [0.05, 0.1) is 0 Å². The number of rotatable bonds is 1. The van der Waals surface area contributed by atoms with Crippen LogP contribution in [0.2, 0.25) is 0 Å². The molecule has 2 aliphatic rings. The molecule has 0 fully saturated rings. The van der Waals surface area contributed by atoms with Crippen LogP contribution in [0, 0.1) is 5.92 Å². The molecule has 1 nitrogen and oxygen atoms in total. The van der Waals surface area contributed by atoms with E-state index in [2.05, 4.69) is 13.0 Å². The minimum absolute atomic E-state index is 0.711. The second-order valence-electron chi connectivity index (χ2n) is 4.99. The van der Waals surface area contributed by atoms with Crippen LogP contribution in [0.15, 0.2) is 22.9 Å². The van der Waals surface area contributed by atoms with E-state index < -0.39 is 0 Å². The Morgan fingerprint density at radius 1 is 1.20 bits per heavy atom. The lowest BCUT2D eigenvalue weighted by molar-refractivity contribution is 0.542. The molecule has 0 amide bonds. The van der Waals surface area contributed by atoms with Gasteiger partial charge in [0, 0.05) is 5.70 Å². The van der Waals surface area contributed by atoms with Gasteiger partial charge in [-0.15, -0.1) is 0 Å². The second-order valence-corrected chi connectivity index (χ2v) is 4.99. The summed E-state index contributed by atoms with van der Waals surface area (Å²) in [6, 6.07) is 0. The maximum atomic E-state index is 6.18. The van der Waals surface area contributed by atoms with E-state index in [0.29, 0.717) is 5.92 Å². The average molecular weight is 205 g/mol. The molecule has 0 aromatic heterocycles. The van der Waals surface area contributed by atoms with Gasteiger partial charge in [-0.2, -0.15) is 0 Å². The standard InChI is InChI=1S/C14H23N/c1-2-11-9-12-7-5-3-4-6-8-13(12)14(15)10-11/h10-11H,2-9,15H2,1H3. The summed E-state index contributed by atoms with van der Waals surface area (Å²) in [5.74, 6) is 0.711. The average Bonchev–Trinajstić information content (AvgIpc) is 2.19. The Morgan fingerprint density at radius 3 is 2.67 bits per heavy atom. The van der Waals surface area contributed by atoms with E-state index in [-0.39, 0.29) is 0 Å². The highest BCUT2D eigenvalue weighted by atomic mass is 14.6. The zero-order valence-electron chi connectivity index (χ0n) is 9.89. The third-order valence-corrected chi connectivity index (χ3v) is 3.88. The molecule has 1 unspecified atom stereocenters. The van der Waals surface area contributed by atoms with Crippen molar-refractivity contribution >= 4 is 0 Å². The Bertz CT molecular complexity index is 286. The van der Waals surface area contributed by atoms with Gasteiger partial charge in [-0.05, 0) is 50.0 Å². The smallest absolute Gasteiger partial charge is 0.0308 e. The molecule has 2 N–H and O–H groups in total. The molecule has 0 aromatic carbocycles. The van der Waals surface area contributed by atoms with E-state index in [4.69, 9.17) is 5.73 Å². The van der Waals surface area contributed by atoms with Crippen molar-refractivity contribution in [2.75, 3.05) is 0 Å². The quantitative estimate of drug-likeness (QED) is 0.690. The van der Waals surface area contributed by atoms with Crippen molar-refractivity contribution in [2.24, 2.45) is 11.7 Å². The highest BCUT2D eigenvalue weighted by molar-refractivity contribution is 5.37. The van der Waals surface area contributed by atoms with Gasteiger partial charge in [0.25, 0.3) is 0 Å². The van der Waals surface area contributed by atoms with Crippen LogP contribution in [0.5, 0.6) is 0 Å². The highest BCUT2D eigenvalue weighted by Crippen LogP contribution is 2.35. The van der Waals surface area contributed by atoms with E-state index in [0.717, 1.165) is 5.70 Å². The first kappa shape index (κ1) is 10.8. The summed E-state index contributed by atoms with van der Waals surface area (Å²) in [6.45, 7) is 2.27. The summed E-state index contributed by atoms with van der Waals surface area (Å²) in [6.07, 6.45) is 12.9. The van der Waals surface area contributed by atoms with E-state index >= 15 is 0 Å². The minimum Gasteiger partial charge on any atom is -0.399 e. The van der Waals surface area contributed by atoms with Crippen molar-refractivity contribution in [3.8, 4) is 0 Å². The molecule has 0 spiro atoms. The Kier molecular flexibility index (Phi) is 3.50. The van der Waals surface area contributed by atoms with Crippen LogP contribution in [0.25, 0.3) is 0 Å². The largest absolute Gasteiger partial charge is 0.399 e. The van der Waals surface area contributed by atoms with Crippen LogP contribution in [-0.4, -0.2) is 0 Å². The van der Waals surface area contributed by atoms with E-state index in [1.807, 2.05) is 0 Å². The van der Waals surface area contributed by atoms with Gasteiger partial charge in [0.1, 0.15) is 0 Å². The van der Waals surface area contributed by atoms with Gasteiger partial charge in [-0.3, -0.25) is 0 Å². The predicted molar refractivity (Wildman–Crippen MR) is 65.4 cm³/mol. The van der Waals surface area contributed by atoms with Crippen LogP contribution in [0.3, 0.4) is 0 Å². The number of nitrogens with two attached hydrogens (primary N) is 1. The van der Waals surface area contributed by atoms with E-state index in [1.165, 1.54) is 56.9 Å². The number of allylic oxidation sites excluding steroid dienone is 3. The molecule has 1 heteroatoms. The molecule has 2 aliphatic carbocycles. The first-order chi connectivity index (χ1) is 7.31. The molecular weight excluding hydrogens is 182 g/mol. The fourth-order valence-corrected chi connectivity index (χ4v) is 2.89. The molecule has 0 saturated heterocycles. The third-order valence-electron chi connectivity index (χ3n) is 3.88. The van der Waals surface area contributed by atoms with Gasteiger partial charge < -0.3 is 5.73 Å². The van der Waals surface area contributed by atoms with Crippen molar-refractivity contribution in [2.45, 2.75) is 58.3 Å². The van der Waals surface area contributed by atoms with Crippen molar-refractivity contribution in [3.63, 3.8) is 0 Å². The van der Waals surface area contributed by atoms with E-state index in [1.54, 1.807) is 5.57 Å². The fraction of sp³-hybridized carbons (Fsp3) is 0.714. The van der Waals surface area contributed by atoms with E-state index in [9.17, 15) is 0 Å².